The number of hydrogen-bond donors (Lipinski definition) is 2. The molecule has 0 aliphatic heterocycles. The van der Waals surface area contributed by atoms with Gasteiger partial charge in [-0.15, -0.1) is 0 Å². The number of carbonyl (C=O) groups excluding carboxylic acids is 3. The molecule has 33 heavy (non-hydrogen) atoms. The number of anilines is 1. The Morgan fingerprint density at radius 1 is 1.00 bits per heavy atom. The summed E-state index contributed by atoms with van der Waals surface area (Å²) in [7, 11) is 0. The lowest BCUT2D eigenvalue weighted by Crippen LogP contribution is -2.32. The van der Waals surface area contributed by atoms with Crippen molar-refractivity contribution in [2.75, 3.05) is 5.32 Å². The van der Waals surface area contributed by atoms with Crippen LogP contribution in [0.4, 0.5) is 5.69 Å². The Kier molecular flexibility index (Phi) is 7.97. The highest BCUT2D eigenvalue weighted by atomic mass is 79.9. The lowest BCUT2D eigenvalue weighted by atomic mass is 10.1. The normalized spacial score (nSPS) is 10.7. The van der Waals surface area contributed by atoms with Gasteiger partial charge in [0.05, 0.1) is 11.8 Å². The van der Waals surface area contributed by atoms with Gasteiger partial charge in [-0.1, -0.05) is 51.8 Å². The van der Waals surface area contributed by atoms with Gasteiger partial charge >= 0.3 is 17.8 Å². The molecule has 9 heteroatoms. The van der Waals surface area contributed by atoms with Gasteiger partial charge < -0.3 is 10.1 Å². The zero-order valence-electron chi connectivity index (χ0n) is 17.7. The average Bonchev–Trinajstić information content (AvgIpc) is 2.78. The van der Waals surface area contributed by atoms with Crippen LogP contribution in [-0.2, 0) is 9.59 Å². The molecule has 0 aromatic heterocycles. The van der Waals surface area contributed by atoms with Crippen LogP contribution in [0.1, 0.15) is 27.0 Å². The molecular formula is C24H19BrClN3O4. The van der Waals surface area contributed by atoms with Crippen LogP contribution in [0.5, 0.6) is 5.75 Å². The van der Waals surface area contributed by atoms with Crippen LogP contribution < -0.4 is 15.5 Å². The molecule has 3 aromatic carbocycles. The molecule has 0 fully saturated rings. The van der Waals surface area contributed by atoms with Crippen molar-refractivity contribution in [3.63, 3.8) is 0 Å². The minimum atomic E-state index is -0.973. The number of hydrogen-bond acceptors (Lipinski definition) is 5. The lowest BCUT2D eigenvalue weighted by molar-refractivity contribution is -0.136. The predicted molar refractivity (Wildman–Crippen MR) is 131 cm³/mol. The number of nitrogens with one attached hydrogen (secondary N) is 2. The second kappa shape index (κ2) is 10.9. The number of carbonyl (C=O) groups is 3. The summed E-state index contributed by atoms with van der Waals surface area (Å²) in [5.41, 5.74) is 4.84. The smallest absolute Gasteiger partial charge is 0.343 e. The first-order valence-corrected chi connectivity index (χ1v) is 10.9. The zero-order valence-corrected chi connectivity index (χ0v) is 20.0. The minimum absolute atomic E-state index is 0.239. The number of ether oxygens (including phenoxy) is 1. The minimum Gasteiger partial charge on any atom is -0.422 e. The molecule has 0 aliphatic rings. The van der Waals surface area contributed by atoms with Crippen LogP contribution >= 0.6 is 27.5 Å². The molecular weight excluding hydrogens is 510 g/mol. The van der Waals surface area contributed by atoms with Crippen LogP contribution in [0, 0.1) is 13.8 Å². The van der Waals surface area contributed by atoms with Crippen LogP contribution in [0.2, 0.25) is 5.02 Å². The molecule has 3 rings (SSSR count). The Morgan fingerprint density at radius 2 is 1.76 bits per heavy atom. The summed E-state index contributed by atoms with van der Waals surface area (Å²) in [5, 5.41) is 6.77. The molecule has 0 aliphatic carbocycles. The van der Waals surface area contributed by atoms with Crippen LogP contribution in [-0.4, -0.2) is 24.0 Å². The Morgan fingerprint density at radius 3 is 2.52 bits per heavy atom. The van der Waals surface area contributed by atoms with E-state index in [0.29, 0.717) is 31.9 Å². The van der Waals surface area contributed by atoms with Crippen molar-refractivity contribution in [1.82, 2.24) is 5.43 Å². The summed E-state index contributed by atoms with van der Waals surface area (Å²) in [5.74, 6) is -2.16. The van der Waals surface area contributed by atoms with E-state index in [1.807, 2.05) is 19.1 Å². The molecule has 0 unspecified atom stereocenters. The molecule has 0 heterocycles. The lowest BCUT2D eigenvalue weighted by Gasteiger charge is -2.10. The summed E-state index contributed by atoms with van der Waals surface area (Å²) < 4.78 is 6.23. The van der Waals surface area contributed by atoms with E-state index in [0.717, 1.165) is 5.56 Å². The fourth-order valence-electron chi connectivity index (χ4n) is 2.80. The van der Waals surface area contributed by atoms with Gasteiger partial charge in [-0.05, 0) is 61.4 Å². The van der Waals surface area contributed by atoms with Gasteiger partial charge in [0.1, 0.15) is 5.75 Å². The van der Waals surface area contributed by atoms with Crippen molar-refractivity contribution in [2.45, 2.75) is 13.8 Å². The number of rotatable bonds is 5. The molecule has 2 N–H and O–H groups in total. The van der Waals surface area contributed by atoms with E-state index in [4.69, 9.17) is 16.3 Å². The molecule has 168 valence electrons. The number of hydrazone groups is 1. The van der Waals surface area contributed by atoms with Gasteiger partial charge in [0, 0.05) is 20.7 Å². The Hall–Kier alpha value is -3.49. The van der Waals surface area contributed by atoms with Crippen LogP contribution in [0.3, 0.4) is 0 Å². The monoisotopic (exact) mass is 527 g/mol. The number of benzene rings is 3. The maximum absolute atomic E-state index is 12.6. The average molecular weight is 529 g/mol. The summed E-state index contributed by atoms with van der Waals surface area (Å²) in [4.78, 5) is 36.8. The Labute approximate surface area is 203 Å². The van der Waals surface area contributed by atoms with E-state index in [9.17, 15) is 14.4 Å². The standard InChI is InChI=1S/C24H19BrClN3O4/c1-14-6-3-4-7-18(14)24(32)33-21-11-10-17(25)12-16(21)13-27-29-23(31)22(30)28-20-9-5-8-19(26)15(20)2/h3-13H,1-2H3,(H,28,30)(H,29,31)/b27-13+. The van der Waals surface area contributed by atoms with Crippen molar-refractivity contribution >= 4 is 57.2 Å². The van der Waals surface area contributed by atoms with Crippen molar-refractivity contribution < 1.29 is 19.1 Å². The van der Waals surface area contributed by atoms with Gasteiger partial charge in [-0.2, -0.15) is 5.10 Å². The summed E-state index contributed by atoms with van der Waals surface area (Å²) in [6.45, 7) is 3.53. The third-order valence-corrected chi connectivity index (χ3v) is 5.53. The molecule has 0 atom stereocenters. The third kappa shape index (κ3) is 6.27. The molecule has 0 bridgehead atoms. The largest absolute Gasteiger partial charge is 0.422 e. The van der Waals surface area contributed by atoms with Crippen molar-refractivity contribution in [1.29, 1.82) is 0 Å². The third-order valence-electron chi connectivity index (χ3n) is 4.63. The van der Waals surface area contributed by atoms with E-state index >= 15 is 0 Å². The molecule has 2 amide bonds. The number of nitrogens with zero attached hydrogens (tertiary/aromatic N) is 1. The van der Waals surface area contributed by atoms with Gasteiger partial charge in [0.15, 0.2) is 0 Å². The van der Waals surface area contributed by atoms with E-state index in [-0.39, 0.29) is 5.75 Å². The highest BCUT2D eigenvalue weighted by Gasteiger charge is 2.16. The SMILES string of the molecule is Cc1ccccc1C(=O)Oc1ccc(Br)cc1/C=N/NC(=O)C(=O)Nc1cccc(Cl)c1C. The van der Waals surface area contributed by atoms with Crippen molar-refractivity contribution in [2.24, 2.45) is 5.10 Å². The highest BCUT2D eigenvalue weighted by Crippen LogP contribution is 2.24. The van der Waals surface area contributed by atoms with Crippen molar-refractivity contribution in [3.05, 3.63) is 92.4 Å². The Balaban J connectivity index is 1.69. The predicted octanol–water partition coefficient (Wildman–Crippen LogP) is 5.03. The summed E-state index contributed by atoms with van der Waals surface area (Å²) >= 11 is 9.37. The second-order valence-electron chi connectivity index (χ2n) is 6.95. The second-order valence-corrected chi connectivity index (χ2v) is 8.28. The fraction of sp³-hybridized carbons (Fsp3) is 0.0833. The maximum Gasteiger partial charge on any atom is 0.343 e. The van der Waals surface area contributed by atoms with Gasteiger partial charge in [-0.25, -0.2) is 10.2 Å². The van der Waals surface area contributed by atoms with Gasteiger partial charge in [-0.3, -0.25) is 9.59 Å². The highest BCUT2D eigenvalue weighted by molar-refractivity contribution is 9.10. The van der Waals surface area contributed by atoms with E-state index < -0.39 is 17.8 Å². The molecule has 7 nitrogen and oxygen atoms in total. The van der Waals surface area contributed by atoms with Gasteiger partial charge in [0.25, 0.3) is 0 Å². The molecule has 0 spiro atoms. The zero-order chi connectivity index (χ0) is 24.0. The molecule has 0 saturated heterocycles. The molecule has 3 aromatic rings. The van der Waals surface area contributed by atoms with Crippen molar-refractivity contribution in [3.8, 4) is 5.75 Å². The summed E-state index contributed by atoms with van der Waals surface area (Å²) in [6.07, 6.45) is 1.28. The molecule has 0 saturated carbocycles. The number of esters is 1. The van der Waals surface area contributed by atoms with Crippen LogP contribution in [0.15, 0.2) is 70.2 Å². The quantitative estimate of drug-likeness (QED) is 0.160. The first-order chi connectivity index (χ1) is 15.8. The van der Waals surface area contributed by atoms with Crippen LogP contribution in [0.25, 0.3) is 0 Å². The van der Waals surface area contributed by atoms with Gasteiger partial charge in [0.2, 0.25) is 0 Å². The topological polar surface area (TPSA) is 96.9 Å². The first-order valence-electron chi connectivity index (χ1n) is 9.73. The van der Waals surface area contributed by atoms with E-state index in [1.54, 1.807) is 55.5 Å². The number of halogens is 2. The maximum atomic E-state index is 12.6. The number of aryl methyl sites for hydroxylation is 1. The summed E-state index contributed by atoms with van der Waals surface area (Å²) in [6, 6.07) is 17.0. The van der Waals surface area contributed by atoms with E-state index in [2.05, 4.69) is 31.8 Å². The molecule has 0 radical (unpaired) electrons. The van der Waals surface area contributed by atoms with E-state index in [1.165, 1.54) is 6.21 Å². The fourth-order valence-corrected chi connectivity index (χ4v) is 3.36. The number of amides is 2. The first kappa shape index (κ1) is 24.2. The Bertz CT molecular complexity index is 1260.